The minimum atomic E-state index is -1.02. The summed E-state index contributed by atoms with van der Waals surface area (Å²) >= 11 is 0. The Labute approximate surface area is 99.2 Å². The van der Waals surface area contributed by atoms with Crippen molar-refractivity contribution >= 4 is 5.97 Å². The van der Waals surface area contributed by atoms with Crippen molar-refractivity contribution in [3.8, 4) is 5.75 Å². The van der Waals surface area contributed by atoms with Crippen molar-refractivity contribution < 1.29 is 19.0 Å². The van der Waals surface area contributed by atoms with E-state index in [2.05, 4.69) is 0 Å². The van der Waals surface area contributed by atoms with Crippen LogP contribution in [0.4, 0.5) is 4.39 Å². The molecule has 3 N–H and O–H groups in total. The number of halogens is 1. The fourth-order valence-electron chi connectivity index (χ4n) is 1.31. The maximum absolute atomic E-state index is 11.8. The molecule has 1 aromatic carbocycles. The summed E-state index contributed by atoms with van der Waals surface area (Å²) < 4.78 is 17.1. The number of carbonyl (C=O) groups is 1. The number of carboxylic acid groups (broad SMARTS) is 1. The highest BCUT2D eigenvalue weighted by atomic mass is 18.2. The Morgan fingerprint density at radius 3 is 2.59 bits per heavy atom. The molecular formula is C12H16FNO3. The van der Waals surface area contributed by atoms with E-state index in [4.69, 9.17) is 15.6 Å². The quantitative estimate of drug-likeness (QED) is 0.706. The molecule has 94 valence electrons. The number of ether oxygens (including phenoxy) is 1. The van der Waals surface area contributed by atoms with Gasteiger partial charge in [-0.2, -0.15) is 0 Å². The van der Waals surface area contributed by atoms with Crippen LogP contribution in [0.3, 0.4) is 0 Å². The third kappa shape index (κ3) is 4.82. The van der Waals surface area contributed by atoms with E-state index in [-0.39, 0.29) is 6.42 Å². The van der Waals surface area contributed by atoms with Gasteiger partial charge in [0.05, 0.1) is 13.3 Å². The summed E-state index contributed by atoms with van der Waals surface area (Å²) in [4.78, 5) is 10.6. The number of alkyl halides is 1. The van der Waals surface area contributed by atoms with E-state index in [1.54, 1.807) is 24.3 Å². The molecule has 0 fully saturated rings. The van der Waals surface area contributed by atoms with E-state index >= 15 is 0 Å². The van der Waals surface area contributed by atoms with Crippen molar-refractivity contribution in [3.05, 3.63) is 29.8 Å². The predicted molar refractivity (Wildman–Crippen MR) is 61.8 cm³/mol. The second-order valence-electron chi connectivity index (χ2n) is 3.68. The fourth-order valence-corrected chi connectivity index (χ4v) is 1.31. The molecule has 5 heteroatoms. The van der Waals surface area contributed by atoms with Crippen LogP contribution in [-0.4, -0.2) is 30.4 Å². The van der Waals surface area contributed by atoms with Gasteiger partial charge >= 0.3 is 5.97 Å². The van der Waals surface area contributed by atoms with Crippen LogP contribution in [0.15, 0.2) is 24.3 Å². The van der Waals surface area contributed by atoms with E-state index in [1.165, 1.54) is 0 Å². The smallest absolute Gasteiger partial charge is 0.320 e. The molecule has 1 rings (SSSR count). The van der Waals surface area contributed by atoms with Crippen LogP contribution < -0.4 is 10.5 Å². The van der Waals surface area contributed by atoms with Gasteiger partial charge in [-0.25, -0.2) is 0 Å². The van der Waals surface area contributed by atoms with Crippen LogP contribution in [0.1, 0.15) is 12.0 Å². The number of carboxylic acids is 1. The zero-order chi connectivity index (χ0) is 12.7. The van der Waals surface area contributed by atoms with E-state index in [9.17, 15) is 9.18 Å². The standard InChI is InChI=1S/C12H16FNO3/c13-6-1-7-17-10-4-2-9(3-5-10)8-11(14)12(15)16/h2-5,11H,1,6-8,14H2,(H,15,16)/i13-1. The predicted octanol–water partition coefficient (Wildman–Crippen LogP) is 1.38. The number of hydrogen-bond donors (Lipinski definition) is 2. The lowest BCUT2D eigenvalue weighted by Gasteiger charge is -2.08. The van der Waals surface area contributed by atoms with Gasteiger partial charge < -0.3 is 15.6 Å². The average Bonchev–Trinajstić information content (AvgIpc) is 2.31. The molecule has 0 aromatic heterocycles. The van der Waals surface area contributed by atoms with Crippen LogP contribution in [0, 0.1) is 0 Å². The van der Waals surface area contributed by atoms with E-state index < -0.39 is 18.7 Å². The van der Waals surface area contributed by atoms with Crippen molar-refractivity contribution in [2.45, 2.75) is 18.9 Å². The zero-order valence-electron chi connectivity index (χ0n) is 9.43. The first-order valence-electron chi connectivity index (χ1n) is 5.39. The summed E-state index contributed by atoms with van der Waals surface area (Å²) in [5.41, 5.74) is 6.24. The third-order valence-corrected chi connectivity index (χ3v) is 2.24. The molecule has 4 nitrogen and oxygen atoms in total. The monoisotopic (exact) mass is 240 g/mol. The molecule has 0 saturated heterocycles. The summed E-state index contributed by atoms with van der Waals surface area (Å²) in [5, 5.41) is 8.66. The number of benzene rings is 1. The first kappa shape index (κ1) is 13.4. The average molecular weight is 240 g/mol. The molecule has 0 aliphatic heterocycles. The second-order valence-corrected chi connectivity index (χ2v) is 3.68. The van der Waals surface area contributed by atoms with Crippen LogP contribution in [0.25, 0.3) is 0 Å². The minimum absolute atomic E-state index is 0.278. The molecule has 1 aromatic rings. The molecule has 0 aliphatic carbocycles. The molecule has 0 spiro atoms. The van der Waals surface area contributed by atoms with Crippen molar-refractivity contribution in [2.24, 2.45) is 5.73 Å². The Morgan fingerprint density at radius 1 is 1.41 bits per heavy atom. The van der Waals surface area contributed by atoms with Gasteiger partial charge in [-0.05, 0) is 24.1 Å². The Hall–Kier alpha value is -1.62. The first-order chi connectivity index (χ1) is 8.13. The molecule has 0 heterocycles. The maximum Gasteiger partial charge on any atom is 0.320 e. The Kier molecular flexibility index (Phi) is 5.42. The lowest BCUT2D eigenvalue weighted by Crippen LogP contribution is -2.32. The highest BCUT2D eigenvalue weighted by Crippen LogP contribution is 2.13. The van der Waals surface area contributed by atoms with Crippen LogP contribution >= 0.6 is 0 Å². The molecule has 0 amide bonds. The molecule has 17 heavy (non-hydrogen) atoms. The van der Waals surface area contributed by atoms with Gasteiger partial charge in [0.15, 0.2) is 0 Å². The lowest BCUT2D eigenvalue weighted by atomic mass is 10.1. The Morgan fingerprint density at radius 2 is 2.06 bits per heavy atom. The number of rotatable bonds is 7. The van der Waals surface area contributed by atoms with Gasteiger partial charge in [0.2, 0.25) is 0 Å². The Bertz CT molecular complexity index is 353. The number of aliphatic carboxylic acids is 1. The van der Waals surface area contributed by atoms with E-state index in [1.807, 2.05) is 0 Å². The molecule has 1 atom stereocenters. The number of hydrogen-bond acceptors (Lipinski definition) is 3. The van der Waals surface area contributed by atoms with Gasteiger partial charge in [0.1, 0.15) is 11.8 Å². The molecular weight excluding hydrogens is 224 g/mol. The van der Waals surface area contributed by atoms with Crippen LogP contribution in [0.5, 0.6) is 5.75 Å². The summed E-state index contributed by atoms with van der Waals surface area (Å²) in [7, 11) is 0. The van der Waals surface area contributed by atoms with E-state index in [0.29, 0.717) is 18.8 Å². The highest BCUT2D eigenvalue weighted by Gasteiger charge is 2.11. The summed E-state index contributed by atoms with van der Waals surface area (Å²) in [6.45, 7) is -0.0595. The molecule has 1 unspecified atom stereocenters. The third-order valence-electron chi connectivity index (χ3n) is 2.24. The van der Waals surface area contributed by atoms with Crippen molar-refractivity contribution in [1.29, 1.82) is 0 Å². The Balaban J connectivity index is 2.47. The van der Waals surface area contributed by atoms with Gasteiger partial charge in [0.25, 0.3) is 0 Å². The largest absolute Gasteiger partial charge is 0.494 e. The summed E-state index contributed by atoms with van der Waals surface area (Å²) in [6.07, 6.45) is 0.645. The highest BCUT2D eigenvalue weighted by molar-refractivity contribution is 5.73. The van der Waals surface area contributed by atoms with Gasteiger partial charge in [0, 0.05) is 6.42 Å². The SMILES string of the molecule is NC(Cc1ccc(OCCC[18F])cc1)C(=O)O. The molecule has 0 radical (unpaired) electrons. The molecule has 0 saturated carbocycles. The van der Waals surface area contributed by atoms with Gasteiger partial charge in [-0.15, -0.1) is 0 Å². The fraction of sp³-hybridized carbons (Fsp3) is 0.417. The number of nitrogens with two attached hydrogens (primary N) is 1. The second kappa shape index (κ2) is 6.85. The summed E-state index contributed by atoms with van der Waals surface area (Å²) in [6, 6.07) is 6.07. The van der Waals surface area contributed by atoms with Crippen molar-refractivity contribution in [3.63, 3.8) is 0 Å². The topological polar surface area (TPSA) is 72.5 Å². The van der Waals surface area contributed by atoms with E-state index in [0.717, 1.165) is 5.56 Å². The maximum atomic E-state index is 11.8. The van der Waals surface area contributed by atoms with Gasteiger partial charge in [-0.1, -0.05) is 12.1 Å². The first-order valence-corrected chi connectivity index (χ1v) is 5.39. The minimum Gasteiger partial charge on any atom is -0.494 e. The zero-order valence-corrected chi connectivity index (χ0v) is 9.43. The van der Waals surface area contributed by atoms with Crippen LogP contribution in [0.2, 0.25) is 0 Å². The molecule has 0 bridgehead atoms. The van der Waals surface area contributed by atoms with Crippen molar-refractivity contribution in [1.82, 2.24) is 0 Å². The van der Waals surface area contributed by atoms with Crippen molar-refractivity contribution in [2.75, 3.05) is 13.3 Å². The summed E-state index contributed by atoms with van der Waals surface area (Å²) in [5.74, 6) is -0.376. The lowest BCUT2D eigenvalue weighted by molar-refractivity contribution is -0.138. The van der Waals surface area contributed by atoms with Gasteiger partial charge in [-0.3, -0.25) is 9.18 Å². The normalized spacial score (nSPS) is 12.1. The van der Waals surface area contributed by atoms with Crippen LogP contribution in [-0.2, 0) is 11.2 Å². The molecule has 0 aliphatic rings.